The van der Waals surface area contributed by atoms with Gasteiger partial charge in [-0.05, 0) is 30.9 Å². The average molecular weight is 451 g/mol. The van der Waals surface area contributed by atoms with Gasteiger partial charge >= 0.3 is 0 Å². The van der Waals surface area contributed by atoms with E-state index in [2.05, 4.69) is 30.5 Å². The monoisotopic (exact) mass is 450 g/mol. The summed E-state index contributed by atoms with van der Waals surface area (Å²) < 4.78 is 1.58. The van der Waals surface area contributed by atoms with Gasteiger partial charge in [-0.15, -0.1) is 11.3 Å². The number of nitrogens with one attached hydrogen (secondary N) is 2. The molecule has 6 rings (SSSR count). The highest BCUT2D eigenvalue weighted by molar-refractivity contribution is 7.16. The van der Waals surface area contributed by atoms with Crippen LogP contribution in [0.15, 0.2) is 47.2 Å². The van der Waals surface area contributed by atoms with E-state index in [1.165, 1.54) is 17.7 Å². The number of hydrogen-bond donors (Lipinski definition) is 2. The third kappa shape index (κ3) is 3.06. The minimum absolute atomic E-state index is 0.235. The van der Waals surface area contributed by atoms with E-state index in [0.29, 0.717) is 44.7 Å². The molecule has 0 bridgehead atoms. The Kier molecular flexibility index (Phi) is 4.22. The number of thiazole rings is 1. The molecular weight excluding hydrogens is 436 g/mol. The zero-order chi connectivity index (χ0) is 20.9. The molecule has 1 atom stereocenters. The Balaban J connectivity index is 1.59. The van der Waals surface area contributed by atoms with E-state index < -0.39 is 0 Å². The van der Waals surface area contributed by atoms with Crippen molar-refractivity contribution in [1.82, 2.24) is 34.7 Å². The van der Waals surface area contributed by atoms with Crippen molar-refractivity contribution in [3.05, 3.63) is 63.6 Å². The van der Waals surface area contributed by atoms with Crippen LogP contribution in [0.4, 0.5) is 5.82 Å². The number of halogens is 1. The summed E-state index contributed by atoms with van der Waals surface area (Å²) in [5.74, 6) is 1.53. The molecule has 4 aromatic heterocycles. The Hall–Kier alpha value is -3.37. The van der Waals surface area contributed by atoms with Crippen LogP contribution < -0.4 is 10.9 Å². The number of aromatic nitrogens is 7. The average Bonchev–Trinajstić information content (AvgIpc) is 3.24. The van der Waals surface area contributed by atoms with Crippen molar-refractivity contribution in [1.29, 1.82) is 0 Å². The minimum atomic E-state index is -0.245. The van der Waals surface area contributed by atoms with E-state index in [-0.39, 0.29) is 11.6 Å². The van der Waals surface area contributed by atoms with Crippen molar-refractivity contribution >= 4 is 50.0 Å². The van der Waals surface area contributed by atoms with Gasteiger partial charge in [0.25, 0.3) is 5.56 Å². The van der Waals surface area contributed by atoms with Gasteiger partial charge in [0.05, 0.1) is 39.4 Å². The lowest BCUT2D eigenvalue weighted by Gasteiger charge is -2.22. The summed E-state index contributed by atoms with van der Waals surface area (Å²) in [4.78, 5) is 32.4. The lowest BCUT2D eigenvalue weighted by atomic mass is 10.1. The van der Waals surface area contributed by atoms with Gasteiger partial charge in [0.2, 0.25) is 0 Å². The van der Waals surface area contributed by atoms with Crippen molar-refractivity contribution < 1.29 is 0 Å². The lowest BCUT2D eigenvalue weighted by Crippen LogP contribution is -2.29. The molecule has 1 aliphatic rings. The van der Waals surface area contributed by atoms with E-state index in [1.807, 2.05) is 0 Å². The number of rotatable bonds is 5. The molecule has 31 heavy (non-hydrogen) atoms. The Morgan fingerprint density at radius 1 is 1.26 bits per heavy atom. The largest absolute Gasteiger partial charge is 0.358 e. The van der Waals surface area contributed by atoms with E-state index in [4.69, 9.17) is 16.6 Å². The number of aromatic amines is 1. The second-order valence-corrected chi connectivity index (χ2v) is 8.63. The first-order valence-electron chi connectivity index (χ1n) is 9.72. The van der Waals surface area contributed by atoms with Crippen LogP contribution in [0, 0.1) is 5.92 Å². The highest BCUT2D eigenvalue weighted by Gasteiger charge is 2.37. The summed E-state index contributed by atoms with van der Waals surface area (Å²) >= 11 is 7.82. The maximum Gasteiger partial charge on any atom is 0.267 e. The molecule has 9 nitrogen and oxygen atoms in total. The smallest absolute Gasteiger partial charge is 0.267 e. The second kappa shape index (κ2) is 7.10. The topological polar surface area (TPSA) is 114 Å². The van der Waals surface area contributed by atoms with Crippen LogP contribution in [0.2, 0.25) is 5.02 Å². The van der Waals surface area contributed by atoms with Crippen molar-refractivity contribution in [3.8, 4) is 5.69 Å². The maximum atomic E-state index is 13.6. The quantitative estimate of drug-likeness (QED) is 0.419. The fourth-order valence-corrected chi connectivity index (χ4v) is 4.68. The molecule has 4 heterocycles. The standard InChI is InChI=1S/C20H15ClN8OS/c21-12-2-1-3-13-14(12)20(30)29(11-6-25-26-7-11)18(27-13)15(10-4-5-10)28-17-16-19(23-8-22-17)31-9-24-16/h1-3,6-10,15H,4-5H2,(H,25,26)(H,22,23,28)/t15-/m0/s1. The maximum absolute atomic E-state index is 13.6. The van der Waals surface area contributed by atoms with Crippen LogP contribution >= 0.6 is 22.9 Å². The number of benzene rings is 1. The summed E-state index contributed by atoms with van der Waals surface area (Å²) in [5, 5.41) is 11.1. The predicted octanol–water partition coefficient (Wildman–Crippen LogP) is 3.73. The van der Waals surface area contributed by atoms with Crippen LogP contribution in [0.3, 0.4) is 0 Å². The normalized spacial score (nSPS) is 14.9. The van der Waals surface area contributed by atoms with Crippen LogP contribution in [0.1, 0.15) is 24.7 Å². The highest BCUT2D eigenvalue weighted by Crippen LogP contribution is 2.43. The van der Waals surface area contributed by atoms with E-state index in [0.717, 1.165) is 17.7 Å². The van der Waals surface area contributed by atoms with Crippen molar-refractivity contribution in [3.63, 3.8) is 0 Å². The molecule has 0 amide bonds. The van der Waals surface area contributed by atoms with Crippen LogP contribution in [0.25, 0.3) is 26.9 Å². The fourth-order valence-electron chi connectivity index (χ4n) is 3.80. The molecule has 1 saturated carbocycles. The Bertz CT molecular complexity index is 1470. The van der Waals surface area contributed by atoms with E-state index >= 15 is 0 Å². The second-order valence-electron chi connectivity index (χ2n) is 7.39. The summed E-state index contributed by atoms with van der Waals surface area (Å²) in [6.07, 6.45) is 6.84. The molecule has 1 fully saturated rings. The number of H-pyrrole nitrogens is 1. The van der Waals surface area contributed by atoms with Gasteiger partial charge < -0.3 is 5.32 Å². The van der Waals surface area contributed by atoms with Crippen molar-refractivity contribution in [2.24, 2.45) is 5.92 Å². The van der Waals surface area contributed by atoms with Crippen molar-refractivity contribution in [2.45, 2.75) is 18.9 Å². The molecule has 0 saturated heterocycles. The first-order chi connectivity index (χ1) is 15.2. The van der Waals surface area contributed by atoms with E-state index in [9.17, 15) is 4.79 Å². The number of hydrogen-bond acceptors (Lipinski definition) is 8. The van der Waals surface area contributed by atoms with Gasteiger partial charge in [-0.2, -0.15) is 5.10 Å². The van der Waals surface area contributed by atoms with Crippen LogP contribution in [-0.4, -0.2) is 34.7 Å². The van der Waals surface area contributed by atoms with Gasteiger partial charge in [0.1, 0.15) is 22.5 Å². The molecule has 0 aliphatic heterocycles. The number of nitrogens with zero attached hydrogens (tertiary/aromatic N) is 6. The third-order valence-electron chi connectivity index (χ3n) is 5.41. The van der Waals surface area contributed by atoms with Gasteiger partial charge in [-0.1, -0.05) is 17.7 Å². The third-order valence-corrected chi connectivity index (χ3v) is 6.46. The first kappa shape index (κ1) is 18.4. The zero-order valence-corrected chi connectivity index (χ0v) is 17.6. The molecular formula is C20H15ClN8OS. The Labute approximate surface area is 184 Å². The summed E-state index contributed by atoms with van der Waals surface area (Å²) in [5.41, 5.74) is 3.37. The van der Waals surface area contributed by atoms with E-state index in [1.54, 1.807) is 40.7 Å². The minimum Gasteiger partial charge on any atom is -0.358 e. The first-order valence-corrected chi connectivity index (χ1v) is 11.0. The summed E-state index contributed by atoms with van der Waals surface area (Å²) in [7, 11) is 0. The summed E-state index contributed by atoms with van der Waals surface area (Å²) in [6, 6.07) is 5.05. The molecule has 5 aromatic rings. The predicted molar refractivity (Wildman–Crippen MR) is 119 cm³/mol. The SMILES string of the molecule is O=c1c2c(Cl)cccc2nc([C@@H](Nc2ncnc3scnc23)C2CC2)n1-c1cn[nH]c1. The molecule has 11 heteroatoms. The Morgan fingerprint density at radius 3 is 2.97 bits per heavy atom. The van der Waals surface area contributed by atoms with Gasteiger partial charge in [0.15, 0.2) is 5.82 Å². The Morgan fingerprint density at radius 2 is 2.16 bits per heavy atom. The van der Waals surface area contributed by atoms with Crippen LogP contribution in [0.5, 0.6) is 0 Å². The lowest BCUT2D eigenvalue weighted by molar-refractivity contribution is 0.609. The number of anilines is 1. The molecule has 154 valence electrons. The van der Waals surface area contributed by atoms with Crippen LogP contribution in [-0.2, 0) is 0 Å². The fraction of sp³-hybridized carbons (Fsp3) is 0.200. The molecule has 1 aromatic carbocycles. The summed E-state index contributed by atoms with van der Waals surface area (Å²) in [6.45, 7) is 0. The molecule has 1 aliphatic carbocycles. The van der Waals surface area contributed by atoms with Gasteiger partial charge in [-0.25, -0.2) is 19.9 Å². The molecule has 0 spiro atoms. The zero-order valence-electron chi connectivity index (χ0n) is 16.0. The highest BCUT2D eigenvalue weighted by atomic mass is 35.5. The molecule has 0 radical (unpaired) electrons. The van der Waals surface area contributed by atoms with Gasteiger partial charge in [-0.3, -0.25) is 14.5 Å². The van der Waals surface area contributed by atoms with Crippen molar-refractivity contribution in [2.75, 3.05) is 5.32 Å². The molecule has 2 N–H and O–H groups in total. The molecule has 0 unspecified atom stereocenters. The van der Waals surface area contributed by atoms with Gasteiger partial charge in [0, 0.05) is 6.20 Å². The number of fused-ring (bicyclic) bond motifs is 2.